The number of benzene rings is 1. The van der Waals surface area contributed by atoms with Gasteiger partial charge < -0.3 is 9.47 Å². The summed E-state index contributed by atoms with van der Waals surface area (Å²) in [4.78, 5) is 49.9. The van der Waals surface area contributed by atoms with Crippen LogP contribution in [0.1, 0.15) is 22.3 Å². The van der Waals surface area contributed by atoms with Crippen molar-refractivity contribution in [2.24, 2.45) is 23.7 Å². The van der Waals surface area contributed by atoms with Crippen molar-refractivity contribution < 1.29 is 28.7 Å². The van der Waals surface area contributed by atoms with E-state index in [4.69, 9.17) is 4.74 Å². The molecule has 0 N–H and O–H groups in total. The molecule has 0 radical (unpaired) electrons. The zero-order valence-corrected chi connectivity index (χ0v) is 14.8. The fourth-order valence-electron chi connectivity index (χ4n) is 4.36. The first kappa shape index (κ1) is 17.5. The minimum atomic E-state index is -0.652. The number of rotatable bonds is 5. The van der Waals surface area contributed by atoms with Crippen molar-refractivity contribution in [1.82, 2.24) is 4.90 Å². The van der Waals surface area contributed by atoms with Crippen molar-refractivity contribution in [2.75, 3.05) is 13.7 Å². The number of methoxy groups -OCH3 is 1. The first-order valence-corrected chi connectivity index (χ1v) is 8.86. The van der Waals surface area contributed by atoms with E-state index >= 15 is 0 Å². The molecule has 1 aliphatic heterocycles. The summed E-state index contributed by atoms with van der Waals surface area (Å²) < 4.78 is 9.85. The maximum absolute atomic E-state index is 12.6. The Balaban J connectivity index is 1.36. The summed E-state index contributed by atoms with van der Waals surface area (Å²) in [6.07, 6.45) is 4.86. The third kappa shape index (κ3) is 2.93. The maximum Gasteiger partial charge on any atom is 0.337 e. The van der Waals surface area contributed by atoms with E-state index < -0.39 is 11.9 Å². The molecule has 2 fully saturated rings. The van der Waals surface area contributed by atoms with Crippen LogP contribution in [0.2, 0.25) is 0 Å². The molecule has 2 aliphatic carbocycles. The number of ether oxygens (including phenoxy) is 2. The molecule has 1 saturated carbocycles. The van der Waals surface area contributed by atoms with Crippen molar-refractivity contribution in [3.8, 4) is 0 Å². The smallest absolute Gasteiger partial charge is 0.337 e. The predicted molar refractivity (Wildman–Crippen MR) is 92.0 cm³/mol. The van der Waals surface area contributed by atoms with E-state index in [1.807, 2.05) is 12.2 Å². The Morgan fingerprint density at radius 1 is 1.11 bits per heavy atom. The van der Waals surface area contributed by atoms with Gasteiger partial charge in [0.2, 0.25) is 11.8 Å². The Labute approximate surface area is 155 Å². The van der Waals surface area contributed by atoms with Crippen LogP contribution in [0.5, 0.6) is 0 Å². The zero-order chi connectivity index (χ0) is 19.1. The average molecular weight is 369 g/mol. The summed E-state index contributed by atoms with van der Waals surface area (Å²) >= 11 is 0. The van der Waals surface area contributed by atoms with E-state index in [0.29, 0.717) is 11.1 Å². The molecule has 1 aromatic carbocycles. The molecule has 4 atom stereocenters. The second-order valence-electron chi connectivity index (χ2n) is 7.12. The Hall–Kier alpha value is -2.96. The molecule has 2 amide bonds. The molecular formula is C20H19NO6. The van der Waals surface area contributed by atoms with Crippen LogP contribution in [0.4, 0.5) is 0 Å². The van der Waals surface area contributed by atoms with Gasteiger partial charge in [-0.1, -0.05) is 24.3 Å². The van der Waals surface area contributed by atoms with E-state index in [-0.39, 0.29) is 48.6 Å². The highest BCUT2D eigenvalue weighted by Gasteiger charge is 2.59. The summed E-state index contributed by atoms with van der Waals surface area (Å²) in [5.74, 6) is -2.10. The molecule has 7 nitrogen and oxygen atoms in total. The normalized spacial score (nSPS) is 27.8. The molecule has 1 aromatic rings. The van der Waals surface area contributed by atoms with E-state index in [9.17, 15) is 19.2 Å². The summed E-state index contributed by atoms with van der Waals surface area (Å²) in [6.45, 7) is -0.430. The molecule has 2 bridgehead atoms. The van der Waals surface area contributed by atoms with E-state index in [0.717, 1.165) is 11.3 Å². The number of nitrogens with zero attached hydrogens (tertiary/aromatic N) is 1. The van der Waals surface area contributed by atoms with Gasteiger partial charge in [-0.25, -0.2) is 4.79 Å². The molecule has 1 heterocycles. The molecule has 7 heteroatoms. The van der Waals surface area contributed by atoms with Gasteiger partial charge in [-0.3, -0.25) is 19.3 Å². The van der Waals surface area contributed by atoms with Crippen molar-refractivity contribution in [3.05, 3.63) is 47.5 Å². The number of carbonyl (C=O) groups is 4. The van der Waals surface area contributed by atoms with Crippen LogP contribution >= 0.6 is 0 Å². The van der Waals surface area contributed by atoms with E-state index in [2.05, 4.69) is 4.74 Å². The Bertz CT molecular complexity index is 830. The second-order valence-corrected chi connectivity index (χ2v) is 7.12. The van der Waals surface area contributed by atoms with Gasteiger partial charge in [0.05, 0.1) is 24.5 Å². The highest BCUT2D eigenvalue weighted by atomic mass is 16.5. The first-order chi connectivity index (χ1) is 13.0. The van der Waals surface area contributed by atoms with Crippen LogP contribution in [0.3, 0.4) is 0 Å². The summed E-state index contributed by atoms with van der Waals surface area (Å²) in [7, 11) is 1.29. The predicted octanol–water partition coefficient (Wildman–Crippen LogP) is 1.32. The molecule has 4 rings (SSSR count). The highest BCUT2D eigenvalue weighted by molar-refractivity contribution is 6.08. The van der Waals surface area contributed by atoms with Gasteiger partial charge in [-0.2, -0.15) is 0 Å². The van der Waals surface area contributed by atoms with E-state index in [1.165, 1.54) is 7.11 Å². The second kappa shape index (κ2) is 6.64. The van der Waals surface area contributed by atoms with Crippen molar-refractivity contribution in [2.45, 2.75) is 13.0 Å². The topological polar surface area (TPSA) is 90.0 Å². The van der Waals surface area contributed by atoms with E-state index in [1.54, 1.807) is 24.3 Å². The lowest BCUT2D eigenvalue weighted by Crippen LogP contribution is -2.37. The van der Waals surface area contributed by atoms with Gasteiger partial charge in [0.15, 0.2) is 0 Å². The fraction of sp³-hybridized carbons (Fsp3) is 0.400. The van der Waals surface area contributed by atoms with Crippen LogP contribution in [0, 0.1) is 23.7 Å². The third-order valence-electron chi connectivity index (χ3n) is 5.60. The molecule has 3 aliphatic rings. The number of hydrogen-bond donors (Lipinski definition) is 0. The number of carbonyl (C=O) groups excluding carboxylic acids is 4. The van der Waals surface area contributed by atoms with Crippen LogP contribution in [-0.2, 0) is 30.5 Å². The van der Waals surface area contributed by atoms with Crippen molar-refractivity contribution >= 4 is 23.8 Å². The molecule has 1 saturated heterocycles. The fourth-order valence-corrected chi connectivity index (χ4v) is 4.36. The van der Waals surface area contributed by atoms with Crippen molar-refractivity contribution in [1.29, 1.82) is 0 Å². The van der Waals surface area contributed by atoms with Crippen LogP contribution in [0.25, 0.3) is 0 Å². The molecule has 140 valence electrons. The summed E-state index contributed by atoms with van der Waals surface area (Å²) in [6, 6.07) is 6.53. The quantitative estimate of drug-likeness (QED) is 0.442. The number of hydrogen-bond acceptors (Lipinski definition) is 6. The number of allylic oxidation sites excluding steroid dienone is 2. The molecular weight excluding hydrogens is 350 g/mol. The van der Waals surface area contributed by atoms with Gasteiger partial charge >= 0.3 is 11.9 Å². The molecule has 27 heavy (non-hydrogen) atoms. The lowest BCUT2D eigenvalue weighted by molar-refractivity contribution is -0.154. The lowest BCUT2D eigenvalue weighted by Gasteiger charge is -2.16. The Morgan fingerprint density at radius 2 is 1.78 bits per heavy atom. The summed E-state index contributed by atoms with van der Waals surface area (Å²) in [5, 5.41) is 0. The first-order valence-electron chi connectivity index (χ1n) is 8.86. The Kier molecular flexibility index (Phi) is 4.30. The maximum atomic E-state index is 12.6. The zero-order valence-electron chi connectivity index (χ0n) is 14.8. The van der Waals surface area contributed by atoms with Crippen LogP contribution in [-0.4, -0.2) is 42.3 Å². The lowest BCUT2D eigenvalue weighted by atomic mass is 9.85. The molecule has 0 aromatic heterocycles. The molecule has 4 unspecified atom stereocenters. The monoisotopic (exact) mass is 369 g/mol. The average Bonchev–Trinajstić information content (AvgIpc) is 3.36. The van der Waals surface area contributed by atoms with Gasteiger partial charge in [-0.15, -0.1) is 0 Å². The van der Waals surface area contributed by atoms with Gasteiger partial charge in [-0.05, 0) is 36.0 Å². The SMILES string of the molecule is COC(=O)c1cccc(COC(=O)CN2C(=O)C3C4C=CC(C4)C3C2=O)c1. The highest BCUT2D eigenvalue weighted by Crippen LogP contribution is 2.52. The number of esters is 2. The van der Waals surface area contributed by atoms with Crippen LogP contribution < -0.4 is 0 Å². The van der Waals surface area contributed by atoms with Crippen molar-refractivity contribution in [3.63, 3.8) is 0 Å². The number of likely N-dealkylation sites (tertiary alicyclic amines) is 1. The number of fused-ring (bicyclic) bond motifs is 5. The minimum Gasteiger partial charge on any atom is -0.465 e. The number of imide groups is 1. The third-order valence-corrected chi connectivity index (χ3v) is 5.60. The van der Waals surface area contributed by atoms with Gasteiger partial charge in [0, 0.05) is 0 Å². The molecule has 0 spiro atoms. The largest absolute Gasteiger partial charge is 0.465 e. The van der Waals surface area contributed by atoms with Gasteiger partial charge in [0.1, 0.15) is 13.2 Å². The van der Waals surface area contributed by atoms with Gasteiger partial charge in [0.25, 0.3) is 0 Å². The Morgan fingerprint density at radius 3 is 2.41 bits per heavy atom. The standard InChI is InChI=1S/C20H19NO6/c1-26-20(25)14-4-2-3-11(7-14)10-27-15(22)9-21-18(23)16-12-5-6-13(8-12)17(16)19(21)24/h2-7,12-13,16-17H,8-10H2,1H3. The number of amides is 2. The summed E-state index contributed by atoms with van der Waals surface area (Å²) in [5.41, 5.74) is 0.969. The minimum absolute atomic E-state index is 0.0560. The van der Waals surface area contributed by atoms with Crippen LogP contribution in [0.15, 0.2) is 36.4 Å².